The topological polar surface area (TPSA) is 60.5 Å². The van der Waals surface area contributed by atoms with Crippen molar-refractivity contribution in [3.63, 3.8) is 0 Å². The minimum atomic E-state index is -2.74. The van der Waals surface area contributed by atoms with Crippen LogP contribution in [0.2, 0.25) is 0 Å². The molecule has 0 bridgehead atoms. The zero-order valence-corrected chi connectivity index (χ0v) is 7.96. The first-order chi connectivity index (χ1) is 7.11. The third-order valence-electron chi connectivity index (χ3n) is 2.08. The van der Waals surface area contributed by atoms with E-state index in [0.717, 1.165) is 0 Å². The standard InChI is InChI=1S/C10H7F2N3/c1-6-7(2-3-13)5-15-8(4-14)9(6)10(11)12/h5,10H,2H2,1H3. The van der Waals surface area contributed by atoms with E-state index < -0.39 is 6.43 Å². The summed E-state index contributed by atoms with van der Waals surface area (Å²) < 4.78 is 25.2. The van der Waals surface area contributed by atoms with Crippen molar-refractivity contribution in [1.29, 1.82) is 10.5 Å². The average molecular weight is 207 g/mol. The molecule has 0 amide bonds. The Hall–Kier alpha value is -2.01. The Kier molecular flexibility index (Phi) is 3.30. The van der Waals surface area contributed by atoms with Crippen molar-refractivity contribution < 1.29 is 8.78 Å². The molecule has 0 saturated heterocycles. The van der Waals surface area contributed by atoms with Crippen molar-refractivity contribution >= 4 is 0 Å². The molecule has 0 saturated carbocycles. The maximum atomic E-state index is 12.6. The van der Waals surface area contributed by atoms with Crippen LogP contribution < -0.4 is 0 Å². The first-order valence-electron chi connectivity index (χ1n) is 4.15. The Balaban J connectivity index is 3.39. The first kappa shape index (κ1) is 11.1. The highest BCUT2D eigenvalue weighted by molar-refractivity contribution is 5.42. The van der Waals surface area contributed by atoms with Crippen molar-refractivity contribution in [3.05, 3.63) is 28.6 Å². The number of hydrogen-bond acceptors (Lipinski definition) is 3. The van der Waals surface area contributed by atoms with Gasteiger partial charge in [-0.2, -0.15) is 10.5 Å². The van der Waals surface area contributed by atoms with Gasteiger partial charge in [0.15, 0.2) is 0 Å². The summed E-state index contributed by atoms with van der Waals surface area (Å²) in [5, 5.41) is 17.1. The second-order valence-electron chi connectivity index (χ2n) is 2.92. The van der Waals surface area contributed by atoms with Gasteiger partial charge in [-0.3, -0.25) is 0 Å². The molecule has 0 fully saturated rings. The lowest BCUT2D eigenvalue weighted by molar-refractivity contribution is 0.149. The summed E-state index contributed by atoms with van der Waals surface area (Å²) in [6.45, 7) is 1.47. The fourth-order valence-corrected chi connectivity index (χ4v) is 1.28. The Morgan fingerprint density at radius 2 is 2.13 bits per heavy atom. The van der Waals surface area contributed by atoms with Crippen molar-refractivity contribution in [2.75, 3.05) is 0 Å². The lowest BCUT2D eigenvalue weighted by Gasteiger charge is -2.09. The van der Waals surface area contributed by atoms with Crippen LogP contribution in [-0.4, -0.2) is 4.98 Å². The Bertz CT molecular complexity index is 455. The van der Waals surface area contributed by atoms with Crippen molar-refractivity contribution in [2.24, 2.45) is 0 Å². The van der Waals surface area contributed by atoms with Gasteiger partial charge < -0.3 is 0 Å². The largest absolute Gasteiger partial charge is 0.266 e. The highest BCUT2D eigenvalue weighted by atomic mass is 19.3. The molecule has 1 aromatic heterocycles. The predicted molar refractivity (Wildman–Crippen MR) is 48.0 cm³/mol. The van der Waals surface area contributed by atoms with Gasteiger partial charge >= 0.3 is 0 Å². The smallest absolute Gasteiger partial charge is 0.245 e. The molecule has 0 aliphatic heterocycles. The SMILES string of the molecule is Cc1c(CC#N)cnc(C#N)c1C(F)F. The summed E-state index contributed by atoms with van der Waals surface area (Å²) >= 11 is 0. The van der Waals surface area contributed by atoms with Crippen molar-refractivity contribution in [3.8, 4) is 12.1 Å². The number of nitrogens with zero attached hydrogens (tertiary/aromatic N) is 3. The molecule has 0 aliphatic rings. The van der Waals surface area contributed by atoms with Crippen LogP contribution in [0.15, 0.2) is 6.20 Å². The summed E-state index contributed by atoms with van der Waals surface area (Å²) in [6.07, 6.45) is -1.43. The minimum Gasteiger partial charge on any atom is -0.245 e. The van der Waals surface area contributed by atoms with E-state index in [4.69, 9.17) is 10.5 Å². The molecule has 15 heavy (non-hydrogen) atoms. The van der Waals surface area contributed by atoms with Crippen LogP contribution in [0.4, 0.5) is 8.78 Å². The third kappa shape index (κ3) is 2.08. The predicted octanol–water partition coefficient (Wildman–Crippen LogP) is 2.27. The van der Waals surface area contributed by atoms with E-state index in [-0.39, 0.29) is 23.2 Å². The van der Waals surface area contributed by atoms with E-state index in [1.807, 2.05) is 6.07 Å². The summed E-state index contributed by atoms with van der Waals surface area (Å²) in [4.78, 5) is 3.61. The number of nitriles is 2. The summed E-state index contributed by atoms with van der Waals surface area (Å²) in [5.41, 5.74) is 0.0688. The van der Waals surface area contributed by atoms with Gasteiger partial charge in [0.1, 0.15) is 11.8 Å². The lowest BCUT2D eigenvalue weighted by atomic mass is 10.0. The van der Waals surface area contributed by atoms with Crippen LogP contribution in [0.3, 0.4) is 0 Å². The molecule has 0 radical (unpaired) electrons. The molecular weight excluding hydrogens is 200 g/mol. The van der Waals surface area contributed by atoms with E-state index in [9.17, 15) is 8.78 Å². The molecule has 1 aromatic rings. The molecule has 3 nitrogen and oxygen atoms in total. The zero-order chi connectivity index (χ0) is 11.4. The average Bonchev–Trinajstić information content (AvgIpc) is 2.20. The van der Waals surface area contributed by atoms with Gasteiger partial charge in [-0.1, -0.05) is 0 Å². The second kappa shape index (κ2) is 4.47. The Morgan fingerprint density at radius 3 is 2.60 bits per heavy atom. The zero-order valence-electron chi connectivity index (χ0n) is 7.96. The number of rotatable bonds is 2. The Morgan fingerprint density at radius 1 is 1.47 bits per heavy atom. The van der Waals surface area contributed by atoms with Crippen LogP contribution in [0.1, 0.15) is 28.8 Å². The molecule has 0 unspecified atom stereocenters. The number of halogens is 2. The molecule has 0 atom stereocenters. The van der Waals surface area contributed by atoms with Gasteiger partial charge in [0, 0.05) is 6.20 Å². The molecular formula is C10H7F2N3. The number of aromatic nitrogens is 1. The fraction of sp³-hybridized carbons (Fsp3) is 0.300. The van der Waals surface area contributed by atoms with Crippen LogP contribution in [0.25, 0.3) is 0 Å². The first-order valence-corrected chi connectivity index (χ1v) is 4.15. The molecule has 1 rings (SSSR count). The van der Waals surface area contributed by atoms with Gasteiger partial charge in [0.25, 0.3) is 6.43 Å². The molecule has 0 aliphatic carbocycles. The number of alkyl halides is 2. The second-order valence-corrected chi connectivity index (χ2v) is 2.92. The van der Waals surface area contributed by atoms with Crippen LogP contribution in [0, 0.1) is 29.6 Å². The molecule has 76 valence electrons. The quantitative estimate of drug-likeness (QED) is 0.747. The molecule has 0 spiro atoms. The molecule has 0 aromatic carbocycles. The highest BCUT2D eigenvalue weighted by Crippen LogP contribution is 2.27. The summed E-state index contributed by atoms with van der Waals surface area (Å²) in [7, 11) is 0. The highest BCUT2D eigenvalue weighted by Gasteiger charge is 2.19. The summed E-state index contributed by atoms with van der Waals surface area (Å²) in [6, 6.07) is 3.47. The number of hydrogen-bond donors (Lipinski definition) is 0. The van der Waals surface area contributed by atoms with Crippen LogP contribution in [0.5, 0.6) is 0 Å². The molecule has 1 heterocycles. The van der Waals surface area contributed by atoms with Crippen molar-refractivity contribution in [2.45, 2.75) is 19.8 Å². The maximum Gasteiger partial charge on any atom is 0.266 e. The van der Waals surface area contributed by atoms with E-state index in [1.165, 1.54) is 13.1 Å². The van der Waals surface area contributed by atoms with E-state index in [2.05, 4.69) is 4.98 Å². The van der Waals surface area contributed by atoms with Crippen LogP contribution in [-0.2, 0) is 6.42 Å². The third-order valence-corrected chi connectivity index (χ3v) is 2.08. The van der Waals surface area contributed by atoms with Gasteiger partial charge in [-0.15, -0.1) is 0 Å². The fourth-order valence-electron chi connectivity index (χ4n) is 1.28. The van der Waals surface area contributed by atoms with E-state index in [0.29, 0.717) is 5.56 Å². The van der Waals surface area contributed by atoms with Crippen LogP contribution >= 0.6 is 0 Å². The van der Waals surface area contributed by atoms with Gasteiger partial charge in [-0.25, -0.2) is 13.8 Å². The van der Waals surface area contributed by atoms with Gasteiger partial charge in [0.2, 0.25) is 0 Å². The summed E-state index contributed by atoms with van der Waals surface area (Å²) in [5.74, 6) is 0. The van der Waals surface area contributed by atoms with Gasteiger partial charge in [0.05, 0.1) is 18.1 Å². The number of pyridine rings is 1. The van der Waals surface area contributed by atoms with E-state index >= 15 is 0 Å². The monoisotopic (exact) mass is 207 g/mol. The normalized spacial score (nSPS) is 9.73. The molecule has 5 heteroatoms. The maximum absolute atomic E-state index is 12.6. The Labute approximate surface area is 85.6 Å². The van der Waals surface area contributed by atoms with E-state index in [1.54, 1.807) is 6.07 Å². The van der Waals surface area contributed by atoms with Crippen molar-refractivity contribution in [1.82, 2.24) is 4.98 Å². The van der Waals surface area contributed by atoms with Gasteiger partial charge in [-0.05, 0) is 18.1 Å². The molecule has 0 N–H and O–H groups in total. The lowest BCUT2D eigenvalue weighted by Crippen LogP contribution is -2.02. The minimum absolute atomic E-state index is 0.0181.